The van der Waals surface area contributed by atoms with Gasteiger partial charge < -0.3 is 10.2 Å². The van der Waals surface area contributed by atoms with Crippen molar-refractivity contribution in [3.05, 3.63) is 63.6 Å². The molecule has 1 fully saturated rings. The van der Waals surface area contributed by atoms with Gasteiger partial charge >= 0.3 is 0 Å². The van der Waals surface area contributed by atoms with Gasteiger partial charge in [0.15, 0.2) is 0 Å². The topological polar surface area (TPSA) is 86.8 Å². The Hall–Kier alpha value is -2.29. The van der Waals surface area contributed by atoms with Crippen LogP contribution in [-0.2, 0) is 26.2 Å². The minimum absolute atomic E-state index is 0.0370. The van der Waals surface area contributed by atoms with Gasteiger partial charge in [0.05, 0.1) is 22.0 Å². The molecule has 3 rings (SSSR count). The van der Waals surface area contributed by atoms with Gasteiger partial charge in [-0.15, -0.1) is 0 Å². The van der Waals surface area contributed by atoms with Crippen LogP contribution in [0, 0.1) is 6.92 Å². The van der Waals surface area contributed by atoms with Crippen molar-refractivity contribution in [3.63, 3.8) is 0 Å². The standard InChI is InChI=1S/C27H35Cl2N3O4S/c1-4-23(27(34)30-21-13-6-5-7-14-21)31(17-20-12-9-8-11-19(20)2)25(33)18-32(37(3,35)36)24-16-10-15-22(28)26(24)29/h8-12,15-16,21,23H,4-7,13-14,17-18H2,1-3H3,(H,30,34)/t23-/m0/s1. The SMILES string of the molecule is CC[C@@H](C(=O)NC1CCCCC1)N(Cc1ccccc1C)C(=O)CN(c1cccc(Cl)c1Cl)S(C)(=O)=O. The molecule has 2 amide bonds. The van der Waals surface area contributed by atoms with Gasteiger partial charge in [0.1, 0.15) is 12.6 Å². The number of benzene rings is 2. The first-order valence-electron chi connectivity index (χ1n) is 12.6. The summed E-state index contributed by atoms with van der Waals surface area (Å²) in [5.41, 5.74) is 1.97. The second-order valence-electron chi connectivity index (χ2n) is 9.56. The molecular formula is C27H35Cl2N3O4S. The third-order valence-corrected chi connectivity index (χ3v) is 8.75. The maximum Gasteiger partial charge on any atom is 0.244 e. The molecule has 2 aromatic rings. The first-order valence-corrected chi connectivity index (χ1v) is 15.2. The van der Waals surface area contributed by atoms with E-state index >= 15 is 0 Å². The molecule has 7 nitrogen and oxygen atoms in total. The highest BCUT2D eigenvalue weighted by Gasteiger charge is 2.33. The fourth-order valence-electron chi connectivity index (χ4n) is 4.71. The van der Waals surface area contributed by atoms with Crippen molar-refractivity contribution in [2.75, 3.05) is 17.1 Å². The summed E-state index contributed by atoms with van der Waals surface area (Å²) in [5, 5.41) is 3.35. The van der Waals surface area contributed by atoms with Crippen LogP contribution in [0.5, 0.6) is 0 Å². The molecule has 1 saturated carbocycles. The lowest BCUT2D eigenvalue weighted by Gasteiger charge is -2.34. The lowest BCUT2D eigenvalue weighted by atomic mass is 9.95. The van der Waals surface area contributed by atoms with Crippen LogP contribution < -0.4 is 9.62 Å². The van der Waals surface area contributed by atoms with Crippen LogP contribution in [-0.4, -0.2) is 50.0 Å². The molecule has 0 aliphatic heterocycles. The number of halogens is 2. The average molecular weight is 569 g/mol. The molecule has 0 aromatic heterocycles. The molecule has 1 aliphatic rings. The van der Waals surface area contributed by atoms with Crippen LogP contribution in [0.25, 0.3) is 0 Å². The van der Waals surface area contributed by atoms with Gasteiger partial charge in [0, 0.05) is 12.6 Å². The lowest BCUT2D eigenvalue weighted by Crippen LogP contribution is -2.54. The highest BCUT2D eigenvalue weighted by atomic mass is 35.5. The number of rotatable bonds is 10. The Morgan fingerprint density at radius 1 is 1.05 bits per heavy atom. The summed E-state index contributed by atoms with van der Waals surface area (Å²) in [7, 11) is -3.90. The Balaban J connectivity index is 1.95. The van der Waals surface area contributed by atoms with Crippen LogP contribution >= 0.6 is 23.2 Å². The maximum absolute atomic E-state index is 13.8. The van der Waals surface area contributed by atoms with Crippen molar-refractivity contribution in [3.8, 4) is 0 Å². The minimum Gasteiger partial charge on any atom is -0.352 e. The highest BCUT2D eigenvalue weighted by Crippen LogP contribution is 2.34. The van der Waals surface area contributed by atoms with Crippen LogP contribution in [0.15, 0.2) is 42.5 Å². The monoisotopic (exact) mass is 567 g/mol. The molecule has 0 bridgehead atoms. The summed E-state index contributed by atoms with van der Waals surface area (Å²) in [6, 6.07) is 11.6. The second-order valence-corrected chi connectivity index (χ2v) is 12.3. The Bertz CT molecular complexity index is 1220. The van der Waals surface area contributed by atoms with Crippen molar-refractivity contribution in [2.45, 2.75) is 71.0 Å². The average Bonchev–Trinajstić information content (AvgIpc) is 2.85. The van der Waals surface area contributed by atoms with Gasteiger partial charge in [-0.05, 0) is 49.4 Å². The van der Waals surface area contributed by atoms with Crippen molar-refractivity contribution in [1.82, 2.24) is 10.2 Å². The Kier molecular flexibility index (Phi) is 10.3. The molecule has 1 atom stereocenters. The fourth-order valence-corrected chi connectivity index (χ4v) is 6.02. The van der Waals surface area contributed by atoms with E-state index in [1.54, 1.807) is 12.1 Å². The molecule has 202 valence electrons. The molecule has 0 heterocycles. The van der Waals surface area contributed by atoms with E-state index in [9.17, 15) is 18.0 Å². The molecule has 0 unspecified atom stereocenters. The largest absolute Gasteiger partial charge is 0.352 e. The third kappa shape index (κ3) is 7.62. The van der Waals surface area contributed by atoms with E-state index in [4.69, 9.17) is 23.2 Å². The first-order chi connectivity index (χ1) is 17.5. The predicted molar refractivity (Wildman–Crippen MR) is 149 cm³/mol. The summed E-state index contributed by atoms with van der Waals surface area (Å²) in [6.07, 6.45) is 6.53. The quantitative estimate of drug-likeness (QED) is 0.420. The van der Waals surface area contributed by atoms with E-state index in [-0.39, 0.29) is 34.2 Å². The van der Waals surface area contributed by atoms with Crippen molar-refractivity contribution >= 4 is 50.7 Å². The first kappa shape index (κ1) is 29.3. The smallest absolute Gasteiger partial charge is 0.244 e. The summed E-state index contributed by atoms with van der Waals surface area (Å²) in [6.45, 7) is 3.45. The zero-order valence-electron chi connectivity index (χ0n) is 21.5. The molecule has 10 heteroatoms. The van der Waals surface area contributed by atoms with E-state index in [1.807, 2.05) is 38.1 Å². The number of amides is 2. The lowest BCUT2D eigenvalue weighted by molar-refractivity contribution is -0.140. The maximum atomic E-state index is 13.8. The Morgan fingerprint density at radius 3 is 2.35 bits per heavy atom. The molecule has 0 radical (unpaired) electrons. The molecule has 0 spiro atoms. The van der Waals surface area contributed by atoms with E-state index < -0.39 is 28.5 Å². The number of nitrogens with one attached hydrogen (secondary N) is 1. The van der Waals surface area contributed by atoms with Crippen molar-refractivity contribution < 1.29 is 18.0 Å². The zero-order chi connectivity index (χ0) is 27.2. The summed E-state index contributed by atoms with van der Waals surface area (Å²) >= 11 is 12.5. The Morgan fingerprint density at radius 2 is 1.73 bits per heavy atom. The minimum atomic E-state index is -3.90. The van der Waals surface area contributed by atoms with Gasteiger partial charge in [0.2, 0.25) is 21.8 Å². The number of nitrogens with zero attached hydrogens (tertiary/aromatic N) is 2. The molecule has 1 aliphatic carbocycles. The highest BCUT2D eigenvalue weighted by molar-refractivity contribution is 7.92. The summed E-state index contributed by atoms with van der Waals surface area (Å²) in [4.78, 5) is 28.8. The van der Waals surface area contributed by atoms with Crippen LogP contribution in [0.2, 0.25) is 10.0 Å². The zero-order valence-corrected chi connectivity index (χ0v) is 23.9. The van der Waals surface area contributed by atoms with E-state index in [0.717, 1.165) is 53.8 Å². The fraction of sp³-hybridized carbons (Fsp3) is 0.481. The van der Waals surface area contributed by atoms with Crippen LogP contribution in [0.3, 0.4) is 0 Å². The number of carbonyl (C=O) groups is 2. The number of carbonyl (C=O) groups excluding carboxylic acids is 2. The van der Waals surface area contributed by atoms with Gasteiger partial charge in [-0.2, -0.15) is 0 Å². The molecule has 37 heavy (non-hydrogen) atoms. The summed E-state index contributed by atoms with van der Waals surface area (Å²) in [5.74, 6) is -0.724. The predicted octanol–water partition coefficient (Wildman–Crippen LogP) is 5.32. The van der Waals surface area contributed by atoms with E-state index in [1.165, 1.54) is 11.0 Å². The number of hydrogen-bond acceptors (Lipinski definition) is 4. The van der Waals surface area contributed by atoms with Gasteiger partial charge in [-0.25, -0.2) is 8.42 Å². The van der Waals surface area contributed by atoms with E-state index in [0.29, 0.717) is 6.42 Å². The number of sulfonamides is 1. The number of aryl methyl sites for hydroxylation is 1. The summed E-state index contributed by atoms with van der Waals surface area (Å²) < 4.78 is 26.5. The van der Waals surface area contributed by atoms with Crippen LogP contribution in [0.4, 0.5) is 5.69 Å². The van der Waals surface area contributed by atoms with Gasteiger partial charge in [0.25, 0.3) is 0 Å². The van der Waals surface area contributed by atoms with Gasteiger partial charge in [-0.3, -0.25) is 13.9 Å². The van der Waals surface area contributed by atoms with E-state index in [2.05, 4.69) is 5.32 Å². The normalized spacial score (nSPS) is 15.2. The molecular weight excluding hydrogens is 533 g/mol. The molecule has 0 saturated heterocycles. The van der Waals surface area contributed by atoms with Crippen molar-refractivity contribution in [2.24, 2.45) is 0 Å². The molecule has 1 N–H and O–H groups in total. The number of hydrogen-bond donors (Lipinski definition) is 1. The van der Waals surface area contributed by atoms with Crippen molar-refractivity contribution in [1.29, 1.82) is 0 Å². The molecule has 2 aromatic carbocycles. The van der Waals surface area contributed by atoms with Crippen LogP contribution in [0.1, 0.15) is 56.6 Å². The second kappa shape index (κ2) is 13.0. The van der Waals surface area contributed by atoms with Gasteiger partial charge in [-0.1, -0.05) is 79.7 Å². The number of anilines is 1. The Labute approximate surface area is 230 Å². The third-order valence-electron chi connectivity index (χ3n) is 6.82.